The van der Waals surface area contributed by atoms with Gasteiger partial charge in [0.1, 0.15) is 0 Å². The Labute approximate surface area is 133 Å². The number of amides is 2. The molecule has 0 saturated carbocycles. The molecule has 0 spiro atoms. The van der Waals surface area contributed by atoms with Gasteiger partial charge in [-0.15, -0.1) is 0 Å². The molecule has 1 aliphatic carbocycles. The van der Waals surface area contributed by atoms with E-state index in [1.54, 1.807) is 24.3 Å². The number of rotatable bonds is 2. The molecule has 3 rings (SSSR count). The van der Waals surface area contributed by atoms with Crippen LogP contribution in [-0.2, 0) is 31.5 Å². The van der Waals surface area contributed by atoms with Crippen LogP contribution in [0.4, 0.5) is 0 Å². The normalized spacial score (nSPS) is 15.6. The Hall–Kier alpha value is -2.17. The molecule has 6 heteroatoms. The van der Waals surface area contributed by atoms with Crippen molar-refractivity contribution in [2.45, 2.75) is 12.8 Å². The number of hydroxylamine groups is 2. The Morgan fingerprint density at radius 3 is 2.05 bits per heavy atom. The molecule has 5 nitrogen and oxygen atoms in total. The zero-order valence-corrected chi connectivity index (χ0v) is 12.1. The average Bonchev–Trinajstić information content (AvgIpc) is 3.18. The van der Waals surface area contributed by atoms with Crippen molar-refractivity contribution in [3.63, 3.8) is 0 Å². The molecule has 1 aliphatic heterocycles. The maximum absolute atomic E-state index is 11.4. The molecule has 110 valence electrons. The predicted octanol–water partition coefficient (Wildman–Crippen LogP) is 1.17. The van der Waals surface area contributed by atoms with Crippen LogP contribution in [0.2, 0.25) is 0 Å². The van der Waals surface area contributed by atoms with Crippen LogP contribution in [0.15, 0.2) is 66.2 Å². The minimum absolute atomic E-state index is 0. The van der Waals surface area contributed by atoms with Gasteiger partial charge in [-0.2, -0.15) is 18.2 Å². The van der Waals surface area contributed by atoms with Crippen molar-refractivity contribution in [3.05, 3.63) is 66.2 Å². The first-order valence-electron chi connectivity index (χ1n) is 6.15. The van der Waals surface area contributed by atoms with E-state index >= 15 is 0 Å². The summed E-state index contributed by atoms with van der Waals surface area (Å²) in [5, 5.41) is 11.9. The van der Waals surface area contributed by atoms with Gasteiger partial charge in [0.15, 0.2) is 0 Å². The van der Waals surface area contributed by atoms with Gasteiger partial charge in [0.2, 0.25) is 11.8 Å². The van der Waals surface area contributed by atoms with Crippen molar-refractivity contribution in [3.8, 4) is 0 Å². The maximum atomic E-state index is 11.4. The van der Waals surface area contributed by atoms with E-state index in [1.807, 2.05) is 30.3 Å². The molecule has 21 heavy (non-hydrogen) atoms. The van der Waals surface area contributed by atoms with Gasteiger partial charge in [0.05, 0.1) is 5.95 Å². The summed E-state index contributed by atoms with van der Waals surface area (Å²) in [6.45, 7) is 0. The molecule has 0 radical (unpaired) electrons. The number of nitrogens with zero attached hydrogens (tertiary/aromatic N) is 1. The Morgan fingerprint density at radius 2 is 1.62 bits per heavy atom. The minimum atomic E-state index is -0.691. The second kappa shape index (κ2) is 8.19. The van der Waals surface area contributed by atoms with Gasteiger partial charge in [0, 0.05) is 12.8 Å². The second-order valence-corrected chi connectivity index (χ2v) is 4.10. The number of carbonyl (C=O) groups excluding carboxylic acids is 2. The van der Waals surface area contributed by atoms with Crippen LogP contribution in [-0.4, -0.2) is 16.9 Å². The molecule has 1 heterocycles. The molecule has 0 bridgehead atoms. The largest absolute Gasteiger partial charge is 2.00 e. The first kappa shape index (κ1) is 16.9. The molecular weight excluding hydrogens is 314 g/mol. The van der Waals surface area contributed by atoms with Gasteiger partial charge in [-0.3, -0.25) is 9.59 Å². The summed E-state index contributed by atoms with van der Waals surface area (Å²) in [5.74, 6) is -1.64. The Balaban J connectivity index is 0.000000313. The maximum Gasteiger partial charge on any atom is 2.00 e. The quantitative estimate of drug-likeness (QED) is 0.354. The summed E-state index contributed by atoms with van der Waals surface area (Å²) in [7, 11) is 0. The molecule has 1 fully saturated rings. The smallest absolute Gasteiger partial charge is 0.544 e. The molecule has 0 unspecified atom stereocenters. The second-order valence-electron chi connectivity index (χ2n) is 4.10. The monoisotopic (exact) mass is 327 g/mol. The van der Waals surface area contributed by atoms with Crippen molar-refractivity contribution in [2.24, 2.45) is 0 Å². The number of hydrogen-bond donors (Lipinski definition) is 0. The molecule has 1 aromatic carbocycles. The molecule has 0 aromatic heterocycles. The van der Waals surface area contributed by atoms with Gasteiger partial charge >= 0.3 is 17.1 Å². The van der Waals surface area contributed by atoms with E-state index in [2.05, 4.69) is 4.84 Å². The van der Waals surface area contributed by atoms with Crippen LogP contribution in [0.1, 0.15) is 12.8 Å². The Bertz CT molecular complexity index is 525. The molecule has 0 N–H and O–H groups in total. The van der Waals surface area contributed by atoms with E-state index in [1.165, 1.54) is 0 Å². The molecule has 2 amide bonds. The molecule has 2 aliphatic rings. The van der Waals surface area contributed by atoms with Crippen molar-refractivity contribution in [2.75, 3.05) is 0 Å². The van der Waals surface area contributed by atoms with Crippen LogP contribution in [0, 0.1) is 0 Å². The van der Waals surface area contributed by atoms with E-state index in [0.717, 1.165) is 0 Å². The van der Waals surface area contributed by atoms with E-state index in [9.17, 15) is 14.7 Å². The van der Waals surface area contributed by atoms with Crippen LogP contribution >= 0.6 is 0 Å². The third kappa shape index (κ3) is 4.70. The van der Waals surface area contributed by atoms with Crippen LogP contribution in [0.25, 0.3) is 0 Å². The van der Waals surface area contributed by atoms with Crippen molar-refractivity contribution < 1.29 is 36.6 Å². The SMILES string of the molecule is O=C1CCC(=O)N1OC([O-])=C1C=CC=C1.[Fe+2].c1cc[cH-]c1. The van der Waals surface area contributed by atoms with Gasteiger partial charge < -0.3 is 9.94 Å². The van der Waals surface area contributed by atoms with Gasteiger partial charge in [-0.25, -0.2) is 17.2 Å². The van der Waals surface area contributed by atoms with Crippen molar-refractivity contribution >= 4 is 11.8 Å². The molecular formula is C15H13FeNO4. The predicted molar refractivity (Wildman–Crippen MR) is 69.5 cm³/mol. The topological polar surface area (TPSA) is 69.7 Å². The van der Waals surface area contributed by atoms with Crippen molar-refractivity contribution in [1.29, 1.82) is 0 Å². The molecule has 0 atom stereocenters. The third-order valence-electron chi connectivity index (χ3n) is 2.63. The standard InChI is InChI=1S/C10H9NO4.C5H5.Fe/c12-8-5-6-9(13)11(8)15-10(14)7-3-1-2-4-7;1-2-4-5-3-1;/h1-4,14H,5-6H2;1-5H;/q;-1;+2/p-1. The minimum Gasteiger partial charge on any atom is -0.544 e. The number of allylic oxidation sites excluding steroid dienone is 5. The molecule has 1 aromatic rings. The van der Waals surface area contributed by atoms with Gasteiger partial charge in [-0.1, -0.05) is 24.3 Å². The molecule has 1 saturated heterocycles. The van der Waals surface area contributed by atoms with Crippen LogP contribution < -0.4 is 5.11 Å². The zero-order chi connectivity index (χ0) is 14.4. The summed E-state index contributed by atoms with van der Waals surface area (Å²) < 4.78 is 0. The van der Waals surface area contributed by atoms with E-state index in [-0.39, 0.29) is 29.9 Å². The summed E-state index contributed by atoms with van der Waals surface area (Å²) in [5.41, 5.74) is 0.322. The van der Waals surface area contributed by atoms with E-state index in [4.69, 9.17) is 0 Å². The summed E-state index contributed by atoms with van der Waals surface area (Å²) >= 11 is 0. The fraction of sp³-hybridized carbons (Fsp3) is 0.133. The first-order valence-corrected chi connectivity index (χ1v) is 6.15. The van der Waals surface area contributed by atoms with Crippen LogP contribution in [0.3, 0.4) is 0 Å². The summed E-state index contributed by atoms with van der Waals surface area (Å²) in [4.78, 5) is 26.9. The average molecular weight is 327 g/mol. The Kier molecular flexibility index (Phi) is 6.59. The fourth-order valence-corrected chi connectivity index (χ4v) is 1.62. The van der Waals surface area contributed by atoms with Gasteiger partial charge in [-0.05, 0) is 5.57 Å². The summed E-state index contributed by atoms with van der Waals surface area (Å²) in [6, 6.07) is 10.0. The van der Waals surface area contributed by atoms with E-state index in [0.29, 0.717) is 10.6 Å². The number of hydrogen-bond acceptors (Lipinski definition) is 4. The zero-order valence-electron chi connectivity index (χ0n) is 11.0. The first-order chi connectivity index (χ1) is 9.68. The number of carbonyl (C=O) groups is 2. The number of imide groups is 1. The third-order valence-corrected chi connectivity index (χ3v) is 2.63. The fourth-order valence-electron chi connectivity index (χ4n) is 1.62. The van der Waals surface area contributed by atoms with Crippen molar-refractivity contribution in [1.82, 2.24) is 5.06 Å². The van der Waals surface area contributed by atoms with E-state index < -0.39 is 17.8 Å². The Morgan fingerprint density at radius 1 is 1.10 bits per heavy atom. The summed E-state index contributed by atoms with van der Waals surface area (Å²) in [6.07, 6.45) is 6.65. The van der Waals surface area contributed by atoms with Gasteiger partial charge in [0.25, 0.3) is 0 Å². The van der Waals surface area contributed by atoms with Crippen LogP contribution in [0.5, 0.6) is 0 Å².